The smallest absolute Gasteiger partial charge is 0.0887 e. The van der Waals surface area contributed by atoms with Crippen molar-refractivity contribution in [3.8, 4) is 0 Å². The van der Waals surface area contributed by atoms with Crippen LogP contribution in [0.3, 0.4) is 0 Å². The third-order valence-corrected chi connectivity index (χ3v) is 3.47. The summed E-state index contributed by atoms with van der Waals surface area (Å²) in [5, 5.41) is 11.5. The quantitative estimate of drug-likeness (QED) is 0.897. The molecule has 2 rings (SSSR count). The highest BCUT2D eigenvalue weighted by molar-refractivity contribution is 5.81. The molecule has 0 aliphatic rings. The Bertz CT molecular complexity index is 546. The second-order valence-corrected chi connectivity index (χ2v) is 5.24. The van der Waals surface area contributed by atoms with Crippen molar-refractivity contribution in [3.05, 3.63) is 42.1 Å². The molecule has 0 saturated carbocycles. The third kappa shape index (κ3) is 3.11. The molecular formula is C16H21NO2. The van der Waals surface area contributed by atoms with Gasteiger partial charge in [0.1, 0.15) is 0 Å². The van der Waals surface area contributed by atoms with E-state index in [4.69, 9.17) is 4.74 Å². The summed E-state index contributed by atoms with van der Waals surface area (Å²) in [5.41, 5.74) is 1.52. The summed E-state index contributed by atoms with van der Waals surface area (Å²) in [6.07, 6.45) is 1.81. The van der Waals surface area contributed by atoms with Crippen molar-refractivity contribution in [2.75, 3.05) is 6.61 Å². The molecule has 0 aliphatic carbocycles. The molecular weight excluding hydrogens is 238 g/mol. The first-order valence-electron chi connectivity index (χ1n) is 6.69. The summed E-state index contributed by atoms with van der Waals surface area (Å²) < 4.78 is 5.61. The monoisotopic (exact) mass is 259 g/mol. The number of aliphatic hydroxyl groups is 1. The Morgan fingerprint density at radius 1 is 1.26 bits per heavy atom. The SMILES string of the molecule is CCOC(C)(C)C(O)Cc1ccnc2ccccc12. The number of aromatic nitrogens is 1. The molecule has 102 valence electrons. The van der Waals surface area contributed by atoms with Gasteiger partial charge in [-0.25, -0.2) is 0 Å². The molecule has 2 aromatic rings. The molecule has 0 bridgehead atoms. The molecule has 1 unspecified atom stereocenters. The highest BCUT2D eigenvalue weighted by atomic mass is 16.5. The fourth-order valence-corrected chi connectivity index (χ4v) is 2.26. The zero-order valence-corrected chi connectivity index (χ0v) is 11.8. The number of benzene rings is 1. The van der Waals surface area contributed by atoms with Gasteiger partial charge < -0.3 is 9.84 Å². The Balaban J connectivity index is 2.26. The standard InChI is InChI=1S/C16H21NO2/c1-4-19-16(2,3)15(18)11-12-9-10-17-14-8-6-5-7-13(12)14/h5-10,15,18H,4,11H2,1-3H3. The third-order valence-electron chi connectivity index (χ3n) is 3.47. The minimum absolute atomic E-state index is 0.543. The van der Waals surface area contributed by atoms with Gasteiger partial charge in [-0.3, -0.25) is 4.98 Å². The lowest BCUT2D eigenvalue weighted by Gasteiger charge is -2.30. The van der Waals surface area contributed by atoms with E-state index >= 15 is 0 Å². The van der Waals surface area contributed by atoms with E-state index in [0.717, 1.165) is 16.5 Å². The molecule has 1 aromatic heterocycles. The van der Waals surface area contributed by atoms with E-state index in [1.807, 2.05) is 51.1 Å². The van der Waals surface area contributed by atoms with Crippen LogP contribution in [0.2, 0.25) is 0 Å². The second-order valence-electron chi connectivity index (χ2n) is 5.24. The first-order chi connectivity index (χ1) is 9.04. The molecule has 3 nitrogen and oxygen atoms in total. The Morgan fingerprint density at radius 3 is 2.74 bits per heavy atom. The van der Waals surface area contributed by atoms with Gasteiger partial charge in [0.25, 0.3) is 0 Å². The van der Waals surface area contributed by atoms with E-state index < -0.39 is 11.7 Å². The average molecular weight is 259 g/mol. The lowest BCUT2D eigenvalue weighted by molar-refractivity contribution is -0.0954. The molecule has 1 heterocycles. The topological polar surface area (TPSA) is 42.4 Å². The van der Waals surface area contributed by atoms with E-state index in [2.05, 4.69) is 4.98 Å². The van der Waals surface area contributed by atoms with Crippen molar-refractivity contribution >= 4 is 10.9 Å². The van der Waals surface area contributed by atoms with Crippen molar-refractivity contribution in [2.24, 2.45) is 0 Å². The van der Waals surface area contributed by atoms with E-state index in [9.17, 15) is 5.11 Å². The normalized spacial score (nSPS) is 13.7. The number of pyridine rings is 1. The molecule has 0 saturated heterocycles. The summed E-state index contributed by atoms with van der Waals surface area (Å²) >= 11 is 0. The highest BCUT2D eigenvalue weighted by Gasteiger charge is 2.28. The van der Waals surface area contributed by atoms with E-state index in [0.29, 0.717) is 13.0 Å². The molecule has 0 fully saturated rings. The molecule has 1 atom stereocenters. The van der Waals surface area contributed by atoms with Gasteiger partial charge in [0.2, 0.25) is 0 Å². The van der Waals surface area contributed by atoms with Gasteiger partial charge in [-0.05, 0) is 38.5 Å². The number of ether oxygens (including phenoxy) is 1. The highest BCUT2D eigenvalue weighted by Crippen LogP contribution is 2.23. The number of hydrogen-bond donors (Lipinski definition) is 1. The van der Waals surface area contributed by atoms with Gasteiger partial charge in [0.15, 0.2) is 0 Å². The van der Waals surface area contributed by atoms with Gasteiger partial charge >= 0.3 is 0 Å². The second kappa shape index (κ2) is 5.68. The maximum absolute atomic E-state index is 10.4. The molecule has 1 N–H and O–H groups in total. The molecule has 0 spiro atoms. The van der Waals surface area contributed by atoms with Gasteiger partial charge in [-0.2, -0.15) is 0 Å². The van der Waals surface area contributed by atoms with Crippen molar-refractivity contribution in [1.82, 2.24) is 4.98 Å². The molecule has 0 amide bonds. The lowest BCUT2D eigenvalue weighted by atomic mass is 9.93. The van der Waals surface area contributed by atoms with Crippen LogP contribution in [0.15, 0.2) is 36.5 Å². The van der Waals surface area contributed by atoms with E-state index in [1.165, 1.54) is 0 Å². The van der Waals surface area contributed by atoms with E-state index in [-0.39, 0.29) is 0 Å². The number of aliphatic hydroxyl groups excluding tert-OH is 1. The molecule has 19 heavy (non-hydrogen) atoms. The Labute approximate surface area is 114 Å². The number of nitrogens with zero attached hydrogens (tertiary/aromatic N) is 1. The van der Waals surface area contributed by atoms with E-state index in [1.54, 1.807) is 6.20 Å². The first-order valence-corrected chi connectivity index (χ1v) is 6.69. The molecule has 1 aromatic carbocycles. The van der Waals surface area contributed by atoms with Crippen molar-refractivity contribution < 1.29 is 9.84 Å². The molecule has 0 aliphatic heterocycles. The van der Waals surface area contributed by atoms with Crippen LogP contribution >= 0.6 is 0 Å². The zero-order valence-electron chi connectivity index (χ0n) is 11.8. The first kappa shape index (κ1) is 14.0. The number of hydrogen-bond acceptors (Lipinski definition) is 3. The van der Waals surface area contributed by atoms with Crippen LogP contribution in [0.25, 0.3) is 10.9 Å². The summed E-state index contributed by atoms with van der Waals surface area (Å²) in [6, 6.07) is 9.96. The number of rotatable bonds is 5. The van der Waals surface area contributed by atoms with Gasteiger partial charge in [-0.15, -0.1) is 0 Å². The summed E-state index contributed by atoms with van der Waals surface area (Å²) in [6.45, 7) is 6.38. The van der Waals surface area contributed by atoms with Gasteiger partial charge in [0.05, 0.1) is 17.2 Å². The summed E-state index contributed by atoms with van der Waals surface area (Å²) in [5.74, 6) is 0. The van der Waals surface area contributed by atoms with Crippen LogP contribution in [0.4, 0.5) is 0 Å². The Hall–Kier alpha value is -1.45. The van der Waals surface area contributed by atoms with Crippen molar-refractivity contribution in [3.63, 3.8) is 0 Å². The van der Waals surface area contributed by atoms with Crippen molar-refractivity contribution in [1.29, 1.82) is 0 Å². The fraction of sp³-hybridized carbons (Fsp3) is 0.438. The lowest BCUT2D eigenvalue weighted by Crippen LogP contribution is -2.40. The maximum Gasteiger partial charge on any atom is 0.0887 e. The van der Waals surface area contributed by atoms with Crippen LogP contribution in [0, 0.1) is 0 Å². The molecule has 0 radical (unpaired) electrons. The predicted octanol–water partition coefficient (Wildman–Crippen LogP) is 2.95. The van der Waals surface area contributed by atoms with Crippen LogP contribution in [0.1, 0.15) is 26.3 Å². The minimum Gasteiger partial charge on any atom is -0.390 e. The zero-order chi connectivity index (χ0) is 13.9. The predicted molar refractivity (Wildman–Crippen MR) is 77.2 cm³/mol. The van der Waals surface area contributed by atoms with Gasteiger partial charge in [-0.1, -0.05) is 18.2 Å². The number of fused-ring (bicyclic) bond motifs is 1. The van der Waals surface area contributed by atoms with Crippen LogP contribution in [-0.2, 0) is 11.2 Å². The minimum atomic E-state index is -0.543. The van der Waals surface area contributed by atoms with Gasteiger partial charge in [0, 0.05) is 24.6 Å². The largest absolute Gasteiger partial charge is 0.390 e. The average Bonchev–Trinajstić information content (AvgIpc) is 2.39. The van der Waals surface area contributed by atoms with Crippen molar-refractivity contribution in [2.45, 2.75) is 38.9 Å². The Morgan fingerprint density at radius 2 is 2.00 bits per heavy atom. The number of para-hydroxylation sites is 1. The molecule has 3 heteroatoms. The van der Waals surface area contributed by atoms with Crippen LogP contribution in [0.5, 0.6) is 0 Å². The summed E-state index contributed by atoms with van der Waals surface area (Å²) in [7, 11) is 0. The summed E-state index contributed by atoms with van der Waals surface area (Å²) in [4.78, 5) is 4.33. The fourth-order valence-electron chi connectivity index (χ4n) is 2.26. The van der Waals surface area contributed by atoms with Crippen LogP contribution < -0.4 is 0 Å². The maximum atomic E-state index is 10.4. The van der Waals surface area contributed by atoms with Crippen LogP contribution in [-0.4, -0.2) is 28.4 Å². The Kier molecular flexibility index (Phi) is 4.17.